The third-order valence-electron chi connectivity index (χ3n) is 6.89. The fraction of sp³-hybridized carbons (Fsp3) is 0.484. The lowest BCUT2D eigenvalue weighted by Crippen LogP contribution is -2.69. The second-order valence-electron chi connectivity index (χ2n) is 10.8. The average molecular weight is 694 g/mol. The van der Waals surface area contributed by atoms with E-state index in [9.17, 15) is 43.5 Å². The maximum absolute atomic E-state index is 13.7. The highest BCUT2D eigenvalue weighted by Gasteiger charge is 2.57. The molecular formula is C31H35NO17. The van der Waals surface area contributed by atoms with E-state index in [4.69, 9.17) is 32.8 Å². The zero-order valence-corrected chi connectivity index (χ0v) is 27.3. The molecule has 2 heterocycles. The number of esters is 6. The summed E-state index contributed by atoms with van der Waals surface area (Å²) in [5.74, 6) is -9.30. The van der Waals surface area contributed by atoms with Crippen LogP contribution in [-0.4, -0.2) is 96.8 Å². The van der Waals surface area contributed by atoms with Gasteiger partial charge < -0.3 is 48.0 Å². The van der Waals surface area contributed by atoms with E-state index in [0.717, 1.165) is 40.9 Å². The van der Waals surface area contributed by atoms with Gasteiger partial charge in [0.05, 0.1) is 26.0 Å². The normalized spacial score (nSPS) is 21.3. The monoisotopic (exact) mass is 693 g/mol. The van der Waals surface area contributed by atoms with Crippen molar-refractivity contribution in [1.82, 2.24) is 5.32 Å². The molecule has 266 valence electrons. The molecule has 2 N–H and O–H groups in total. The van der Waals surface area contributed by atoms with Gasteiger partial charge in [0.2, 0.25) is 5.91 Å². The zero-order valence-electron chi connectivity index (χ0n) is 27.3. The Labute approximate surface area is 277 Å². The maximum atomic E-state index is 13.7. The predicted octanol–water partition coefficient (Wildman–Crippen LogP) is -0.246. The summed E-state index contributed by atoms with van der Waals surface area (Å²) in [4.78, 5) is 98.4. The maximum Gasteiger partial charge on any atom is 0.366 e. The second-order valence-corrected chi connectivity index (χ2v) is 10.8. The van der Waals surface area contributed by atoms with Gasteiger partial charge in [-0.25, -0.2) is 9.59 Å². The van der Waals surface area contributed by atoms with Gasteiger partial charge in [-0.2, -0.15) is 0 Å². The number of hydrogen-bond acceptors (Lipinski definition) is 17. The SMILES string of the molecule is COC(=O)C1(O)CC(OC(C)=O)C(NC(=O)Cc2cc(=O)oc3cc(OC(C)=O)ccc23)C([C@H](OC(C)=O)[C@H](COC(C)=O)OC(C)=O)O1. The van der Waals surface area contributed by atoms with E-state index in [1.54, 1.807) is 0 Å². The molecule has 18 heteroatoms. The molecule has 1 aliphatic rings. The summed E-state index contributed by atoms with van der Waals surface area (Å²) in [5, 5.41) is 14.1. The van der Waals surface area contributed by atoms with E-state index in [2.05, 4.69) is 10.1 Å². The van der Waals surface area contributed by atoms with Crippen LogP contribution in [-0.2, 0) is 68.4 Å². The molecule has 1 fully saturated rings. The van der Waals surface area contributed by atoms with Gasteiger partial charge in [0, 0.05) is 52.1 Å². The lowest BCUT2D eigenvalue weighted by molar-refractivity contribution is -0.299. The summed E-state index contributed by atoms with van der Waals surface area (Å²) in [6, 6.07) is 3.60. The molecule has 49 heavy (non-hydrogen) atoms. The van der Waals surface area contributed by atoms with Crippen LogP contribution in [0, 0.1) is 0 Å². The number of hydrogen-bond donors (Lipinski definition) is 2. The molecule has 1 aliphatic heterocycles. The molecule has 0 spiro atoms. The third-order valence-corrected chi connectivity index (χ3v) is 6.89. The van der Waals surface area contributed by atoms with Crippen LogP contribution >= 0.6 is 0 Å². The van der Waals surface area contributed by atoms with Crippen LogP contribution in [0.15, 0.2) is 33.5 Å². The number of benzene rings is 1. The van der Waals surface area contributed by atoms with Crippen LogP contribution < -0.4 is 15.7 Å². The molecule has 1 aromatic heterocycles. The van der Waals surface area contributed by atoms with Gasteiger partial charge in [-0.1, -0.05) is 0 Å². The summed E-state index contributed by atoms with van der Waals surface area (Å²) in [5.41, 5.74) is -0.719. The van der Waals surface area contributed by atoms with E-state index in [1.165, 1.54) is 25.1 Å². The van der Waals surface area contributed by atoms with E-state index in [1.807, 2.05) is 0 Å². The number of carbonyl (C=O) groups is 7. The number of nitrogens with one attached hydrogen (secondary N) is 1. The molecular weight excluding hydrogens is 658 g/mol. The summed E-state index contributed by atoms with van der Waals surface area (Å²) in [6.07, 6.45) is -8.25. The van der Waals surface area contributed by atoms with Gasteiger partial charge in [-0.15, -0.1) is 0 Å². The topological polar surface area (TPSA) is 247 Å². The van der Waals surface area contributed by atoms with E-state index in [-0.39, 0.29) is 22.3 Å². The predicted molar refractivity (Wildman–Crippen MR) is 159 cm³/mol. The highest BCUT2D eigenvalue weighted by atomic mass is 16.7. The molecule has 18 nitrogen and oxygen atoms in total. The van der Waals surface area contributed by atoms with Crippen molar-refractivity contribution in [1.29, 1.82) is 0 Å². The number of carbonyl (C=O) groups excluding carboxylic acids is 7. The number of ether oxygens (including phenoxy) is 7. The summed E-state index contributed by atoms with van der Waals surface area (Å²) in [7, 11) is 0.926. The molecule has 0 radical (unpaired) electrons. The van der Waals surface area contributed by atoms with Crippen molar-refractivity contribution in [3.63, 3.8) is 0 Å². The Kier molecular flexibility index (Phi) is 12.6. The Morgan fingerprint density at radius 3 is 2.18 bits per heavy atom. The minimum Gasteiger partial charge on any atom is -0.465 e. The van der Waals surface area contributed by atoms with Gasteiger partial charge in [0.15, 0.2) is 12.2 Å². The molecule has 4 unspecified atom stereocenters. The van der Waals surface area contributed by atoms with Crippen LogP contribution in [0.3, 0.4) is 0 Å². The largest absolute Gasteiger partial charge is 0.465 e. The Hall–Kier alpha value is -5.36. The molecule has 2 aromatic rings. The molecule has 0 bridgehead atoms. The minimum absolute atomic E-state index is 0.0153. The van der Waals surface area contributed by atoms with Crippen molar-refractivity contribution in [2.45, 2.75) is 83.7 Å². The average Bonchev–Trinajstić information content (AvgIpc) is 2.97. The Balaban J connectivity index is 2.12. The van der Waals surface area contributed by atoms with Crippen molar-refractivity contribution >= 4 is 52.7 Å². The fourth-order valence-corrected chi connectivity index (χ4v) is 5.17. The van der Waals surface area contributed by atoms with Crippen LogP contribution in [0.4, 0.5) is 0 Å². The molecule has 0 aliphatic carbocycles. The van der Waals surface area contributed by atoms with Crippen molar-refractivity contribution in [2.24, 2.45) is 0 Å². The zero-order chi connectivity index (χ0) is 36.6. The first-order chi connectivity index (χ1) is 22.9. The van der Waals surface area contributed by atoms with Crippen molar-refractivity contribution in [2.75, 3.05) is 13.7 Å². The number of amides is 1. The van der Waals surface area contributed by atoms with Gasteiger partial charge in [0.1, 0.15) is 30.1 Å². The molecule has 6 atom stereocenters. The van der Waals surface area contributed by atoms with E-state index < -0.39 is 103 Å². The quantitative estimate of drug-likeness (QED) is 0.126. The summed E-state index contributed by atoms with van der Waals surface area (Å²) < 4.78 is 41.7. The van der Waals surface area contributed by atoms with Crippen LogP contribution in [0.5, 0.6) is 5.75 Å². The molecule has 1 amide bonds. The van der Waals surface area contributed by atoms with E-state index in [0.29, 0.717) is 0 Å². The number of aliphatic hydroxyl groups is 1. The van der Waals surface area contributed by atoms with Gasteiger partial charge in [0.25, 0.3) is 5.79 Å². The van der Waals surface area contributed by atoms with Crippen LogP contribution in [0.25, 0.3) is 11.0 Å². The number of rotatable bonds is 12. The lowest BCUT2D eigenvalue weighted by atomic mass is 9.88. The van der Waals surface area contributed by atoms with Crippen molar-refractivity contribution < 1.29 is 76.2 Å². The second kappa shape index (κ2) is 16.2. The third kappa shape index (κ3) is 10.3. The molecule has 1 aromatic carbocycles. The van der Waals surface area contributed by atoms with Gasteiger partial charge in [-0.05, 0) is 17.7 Å². The summed E-state index contributed by atoms with van der Waals surface area (Å²) >= 11 is 0. The molecule has 0 saturated carbocycles. The molecule has 3 rings (SSSR count). The van der Waals surface area contributed by atoms with Crippen LogP contribution in [0.2, 0.25) is 0 Å². The van der Waals surface area contributed by atoms with Crippen molar-refractivity contribution in [3.8, 4) is 5.75 Å². The highest BCUT2D eigenvalue weighted by Crippen LogP contribution is 2.35. The minimum atomic E-state index is -2.87. The summed E-state index contributed by atoms with van der Waals surface area (Å²) in [6.45, 7) is 4.47. The standard InChI is InChI=1S/C31H35NO17/c1-14(33)43-13-24(46-17(4)36)28(47-18(5)37)29-27(23(45-16(3)35)12-31(41,49-29)30(40)42-6)32-25(38)9-19-10-26(39)48-22-11-20(44-15(2)34)7-8-21(19)22/h7-8,10-11,23-24,27-29,41H,9,12-13H2,1-6H3,(H,32,38)/t23?,24-,27?,28+,29?,31?/m0/s1. The van der Waals surface area contributed by atoms with E-state index >= 15 is 0 Å². The van der Waals surface area contributed by atoms with Crippen LogP contribution in [0.1, 0.15) is 46.6 Å². The number of methoxy groups -OCH3 is 1. The Morgan fingerprint density at radius 1 is 0.939 bits per heavy atom. The highest BCUT2D eigenvalue weighted by molar-refractivity contribution is 5.88. The Morgan fingerprint density at radius 2 is 1.61 bits per heavy atom. The first-order valence-corrected chi connectivity index (χ1v) is 14.6. The first-order valence-electron chi connectivity index (χ1n) is 14.6. The smallest absolute Gasteiger partial charge is 0.366 e. The van der Waals surface area contributed by atoms with Crippen molar-refractivity contribution in [3.05, 3.63) is 40.2 Å². The van der Waals surface area contributed by atoms with Gasteiger partial charge in [-0.3, -0.25) is 28.8 Å². The van der Waals surface area contributed by atoms with Gasteiger partial charge >= 0.3 is 41.4 Å². The fourth-order valence-electron chi connectivity index (χ4n) is 5.17. The Bertz CT molecular complexity index is 1680. The lowest BCUT2D eigenvalue weighted by Gasteiger charge is -2.47. The number of fused-ring (bicyclic) bond motifs is 1. The first kappa shape index (κ1) is 38.1. The molecule has 1 saturated heterocycles.